The number of amides is 1. The molecule has 7 nitrogen and oxygen atoms in total. The van der Waals surface area contributed by atoms with Crippen LogP contribution in [0.3, 0.4) is 0 Å². The fourth-order valence-corrected chi connectivity index (χ4v) is 3.50. The van der Waals surface area contributed by atoms with Gasteiger partial charge in [0.2, 0.25) is 0 Å². The summed E-state index contributed by atoms with van der Waals surface area (Å²) in [6, 6.07) is 1.94. The van der Waals surface area contributed by atoms with Crippen LogP contribution in [0.15, 0.2) is 6.07 Å². The Morgan fingerprint density at radius 2 is 2.21 bits per heavy atom. The van der Waals surface area contributed by atoms with Gasteiger partial charge in [0, 0.05) is 37.4 Å². The number of nitrogens with one attached hydrogen (secondary N) is 1. The lowest BCUT2D eigenvalue weighted by atomic mass is 9.92. The smallest absolute Gasteiger partial charge is 0.271 e. The van der Waals surface area contributed by atoms with Crippen molar-refractivity contribution in [2.75, 3.05) is 13.1 Å². The van der Waals surface area contributed by atoms with Crippen LogP contribution in [0.2, 0.25) is 0 Å². The van der Waals surface area contributed by atoms with Crippen molar-refractivity contribution in [3.05, 3.63) is 23.1 Å². The number of aromatic amines is 1. The second kappa shape index (κ2) is 6.39. The number of aromatic nitrogens is 4. The number of nitrogens with two attached hydrogens (primary N) is 1. The van der Waals surface area contributed by atoms with E-state index in [0.29, 0.717) is 11.6 Å². The van der Waals surface area contributed by atoms with Gasteiger partial charge < -0.3 is 10.6 Å². The molecule has 1 fully saturated rings. The van der Waals surface area contributed by atoms with E-state index in [9.17, 15) is 4.79 Å². The third kappa shape index (κ3) is 2.96. The highest BCUT2D eigenvalue weighted by Crippen LogP contribution is 2.26. The van der Waals surface area contributed by atoms with Crippen molar-refractivity contribution in [3.63, 3.8) is 0 Å². The minimum absolute atomic E-state index is 0.00158. The van der Waals surface area contributed by atoms with Crippen LogP contribution in [0.5, 0.6) is 0 Å². The Labute approximate surface area is 142 Å². The Morgan fingerprint density at radius 1 is 1.46 bits per heavy atom. The van der Waals surface area contributed by atoms with E-state index in [0.717, 1.165) is 48.6 Å². The minimum Gasteiger partial charge on any atom is -0.337 e. The molecule has 1 saturated heterocycles. The van der Waals surface area contributed by atoms with Gasteiger partial charge in [-0.1, -0.05) is 0 Å². The van der Waals surface area contributed by atoms with Crippen molar-refractivity contribution in [3.8, 4) is 11.3 Å². The van der Waals surface area contributed by atoms with Crippen LogP contribution >= 0.6 is 0 Å². The molecule has 2 unspecified atom stereocenters. The van der Waals surface area contributed by atoms with Crippen molar-refractivity contribution in [1.29, 1.82) is 0 Å². The predicted molar refractivity (Wildman–Crippen MR) is 92.5 cm³/mol. The zero-order chi connectivity index (χ0) is 17.4. The summed E-state index contributed by atoms with van der Waals surface area (Å²) >= 11 is 0. The highest BCUT2D eigenvalue weighted by atomic mass is 16.2. The Hall–Kier alpha value is -2.15. The molecule has 3 rings (SSSR count). The molecule has 2 aromatic heterocycles. The molecule has 1 amide bonds. The van der Waals surface area contributed by atoms with E-state index in [1.807, 2.05) is 43.5 Å². The van der Waals surface area contributed by atoms with Crippen molar-refractivity contribution in [1.82, 2.24) is 24.9 Å². The highest BCUT2D eigenvalue weighted by molar-refractivity contribution is 5.93. The molecule has 0 spiro atoms. The molecule has 3 N–H and O–H groups in total. The number of H-pyrrole nitrogens is 1. The maximum absolute atomic E-state index is 12.8. The Kier molecular flexibility index (Phi) is 4.45. The molecular formula is C17H26N6O. The molecule has 0 radical (unpaired) electrons. The summed E-state index contributed by atoms with van der Waals surface area (Å²) in [5.41, 5.74) is 10.2. The quantitative estimate of drug-likeness (QED) is 0.894. The topological polar surface area (TPSA) is 92.8 Å². The summed E-state index contributed by atoms with van der Waals surface area (Å²) in [7, 11) is 1.91. The molecule has 2 atom stereocenters. The van der Waals surface area contributed by atoms with E-state index in [1.54, 1.807) is 0 Å². The fourth-order valence-electron chi connectivity index (χ4n) is 3.50. The molecule has 0 aliphatic carbocycles. The molecule has 24 heavy (non-hydrogen) atoms. The van der Waals surface area contributed by atoms with Gasteiger partial charge in [-0.2, -0.15) is 10.2 Å². The number of carbonyl (C=O) groups excluding carboxylic acids is 1. The first-order valence-corrected chi connectivity index (χ1v) is 8.49. The molecule has 1 aliphatic heterocycles. The number of rotatable bonds is 3. The molecule has 3 heterocycles. The van der Waals surface area contributed by atoms with Gasteiger partial charge in [-0.05, 0) is 45.6 Å². The maximum Gasteiger partial charge on any atom is 0.271 e. The SMILES string of the molecule is Cc1nn(C)c(C)c1-c1cc(C(=O)N2CCCC(C(C)N)C2)[nH]n1. The van der Waals surface area contributed by atoms with Crippen LogP contribution in [0, 0.1) is 19.8 Å². The summed E-state index contributed by atoms with van der Waals surface area (Å²) in [4.78, 5) is 14.7. The summed E-state index contributed by atoms with van der Waals surface area (Å²) in [6.45, 7) is 7.47. The molecule has 130 valence electrons. The van der Waals surface area contributed by atoms with Gasteiger partial charge in [0.15, 0.2) is 0 Å². The summed E-state index contributed by atoms with van der Waals surface area (Å²) in [6.07, 6.45) is 2.09. The predicted octanol–water partition coefficient (Wildman–Crippen LogP) is 1.63. The molecule has 0 bridgehead atoms. The van der Waals surface area contributed by atoms with Gasteiger partial charge in [0.1, 0.15) is 5.69 Å². The van der Waals surface area contributed by atoms with Gasteiger partial charge in [-0.25, -0.2) is 0 Å². The lowest BCUT2D eigenvalue weighted by molar-refractivity contribution is 0.0655. The van der Waals surface area contributed by atoms with Crippen LogP contribution in [0.4, 0.5) is 0 Å². The third-order valence-corrected chi connectivity index (χ3v) is 5.06. The van der Waals surface area contributed by atoms with Crippen molar-refractivity contribution in [2.45, 2.75) is 39.7 Å². The summed E-state index contributed by atoms with van der Waals surface area (Å²) in [5.74, 6) is 0.367. The fraction of sp³-hybridized carbons (Fsp3) is 0.588. The number of hydrogen-bond acceptors (Lipinski definition) is 4. The molecule has 1 aliphatic rings. The van der Waals surface area contributed by atoms with Crippen LogP contribution in [0.25, 0.3) is 11.3 Å². The lowest BCUT2D eigenvalue weighted by Gasteiger charge is -2.34. The first-order chi connectivity index (χ1) is 11.4. The standard InChI is InChI=1S/C17H26N6O/c1-10(18)13-6-5-7-23(9-13)17(24)15-8-14(19-20-15)16-11(2)21-22(4)12(16)3/h8,10,13H,5-7,9,18H2,1-4H3,(H,19,20). The molecule has 0 aromatic carbocycles. The highest BCUT2D eigenvalue weighted by Gasteiger charge is 2.27. The van der Waals surface area contributed by atoms with E-state index in [4.69, 9.17) is 5.73 Å². The number of likely N-dealkylation sites (tertiary alicyclic amines) is 1. The van der Waals surface area contributed by atoms with E-state index in [-0.39, 0.29) is 11.9 Å². The van der Waals surface area contributed by atoms with Crippen LogP contribution < -0.4 is 5.73 Å². The van der Waals surface area contributed by atoms with E-state index >= 15 is 0 Å². The van der Waals surface area contributed by atoms with Crippen LogP contribution in [0.1, 0.15) is 41.6 Å². The third-order valence-electron chi connectivity index (χ3n) is 5.06. The Bertz CT molecular complexity index is 744. The van der Waals surface area contributed by atoms with Gasteiger partial charge in [0.25, 0.3) is 5.91 Å². The average molecular weight is 330 g/mol. The minimum atomic E-state index is -0.00158. The largest absolute Gasteiger partial charge is 0.337 e. The zero-order valence-electron chi connectivity index (χ0n) is 14.8. The first kappa shape index (κ1) is 16.7. The zero-order valence-corrected chi connectivity index (χ0v) is 14.8. The lowest BCUT2D eigenvalue weighted by Crippen LogP contribution is -2.45. The monoisotopic (exact) mass is 330 g/mol. The molecular weight excluding hydrogens is 304 g/mol. The number of piperidine rings is 1. The summed E-state index contributed by atoms with van der Waals surface area (Å²) < 4.78 is 1.83. The molecule has 7 heteroatoms. The second-order valence-electron chi connectivity index (χ2n) is 6.85. The van der Waals surface area contributed by atoms with Gasteiger partial charge in [0.05, 0.1) is 11.4 Å². The summed E-state index contributed by atoms with van der Waals surface area (Å²) in [5, 5.41) is 11.7. The van der Waals surface area contributed by atoms with Crippen molar-refractivity contribution in [2.24, 2.45) is 18.7 Å². The number of aryl methyl sites for hydroxylation is 2. The normalized spacial score (nSPS) is 19.5. The van der Waals surface area contributed by atoms with E-state index in [1.165, 1.54) is 0 Å². The molecule has 2 aromatic rings. The van der Waals surface area contributed by atoms with Gasteiger partial charge in [-0.15, -0.1) is 0 Å². The van der Waals surface area contributed by atoms with Crippen LogP contribution in [-0.2, 0) is 7.05 Å². The van der Waals surface area contributed by atoms with Gasteiger partial charge >= 0.3 is 0 Å². The second-order valence-corrected chi connectivity index (χ2v) is 6.85. The van der Waals surface area contributed by atoms with Crippen molar-refractivity contribution < 1.29 is 4.79 Å². The maximum atomic E-state index is 12.8. The number of nitrogens with zero attached hydrogens (tertiary/aromatic N) is 4. The number of hydrogen-bond donors (Lipinski definition) is 2. The number of carbonyl (C=O) groups is 1. The van der Waals surface area contributed by atoms with E-state index in [2.05, 4.69) is 15.3 Å². The molecule has 0 saturated carbocycles. The van der Waals surface area contributed by atoms with Gasteiger partial charge in [-0.3, -0.25) is 14.6 Å². The average Bonchev–Trinajstić information content (AvgIpc) is 3.12. The Morgan fingerprint density at radius 3 is 2.83 bits per heavy atom. The Balaban J connectivity index is 1.81. The van der Waals surface area contributed by atoms with Crippen LogP contribution in [-0.4, -0.2) is 49.9 Å². The first-order valence-electron chi connectivity index (χ1n) is 8.49. The van der Waals surface area contributed by atoms with Crippen molar-refractivity contribution >= 4 is 5.91 Å². The van der Waals surface area contributed by atoms with E-state index < -0.39 is 0 Å².